The third-order valence-electron chi connectivity index (χ3n) is 3.40. The van der Waals surface area contributed by atoms with Crippen LogP contribution >= 0.6 is 23.1 Å². The van der Waals surface area contributed by atoms with Crippen molar-refractivity contribution in [2.45, 2.75) is 35.3 Å². The van der Waals surface area contributed by atoms with Crippen LogP contribution in [0.5, 0.6) is 0 Å². The quantitative estimate of drug-likeness (QED) is 0.856. The van der Waals surface area contributed by atoms with E-state index in [9.17, 15) is 8.42 Å². The van der Waals surface area contributed by atoms with Gasteiger partial charge in [-0.15, -0.1) is 11.3 Å². The molecule has 2 atom stereocenters. The maximum absolute atomic E-state index is 12.5. The molecular formula is C11H15NO2S3. The van der Waals surface area contributed by atoms with E-state index < -0.39 is 10.0 Å². The first kappa shape index (κ1) is 12.0. The van der Waals surface area contributed by atoms with Crippen LogP contribution in [0.25, 0.3) is 0 Å². The van der Waals surface area contributed by atoms with E-state index in [1.165, 1.54) is 11.3 Å². The Hall–Kier alpha value is -0.0400. The van der Waals surface area contributed by atoms with Crippen LogP contribution in [0.3, 0.4) is 0 Å². The van der Waals surface area contributed by atoms with Gasteiger partial charge in [0.15, 0.2) is 0 Å². The summed E-state index contributed by atoms with van der Waals surface area (Å²) in [7, 11) is -3.22. The monoisotopic (exact) mass is 289 g/mol. The van der Waals surface area contributed by atoms with Gasteiger partial charge in [-0.3, -0.25) is 0 Å². The maximum atomic E-state index is 12.5. The molecule has 2 saturated heterocycles. The fourth-order valence-corrected chi connectivity index (χ4v) is 7.19. The summed E-state index contributed by atoms with van der Waals surface area (Å²) in [5.74, 6) is 0.968. The lowest BCUT2D eigenvalue weighted by Gasteiger charge is -2.24. The van der Waals surface area contributed by atoms with Crippen LogP contribution in [0.2, 0.25) is 0 Å². The maximum Gasteiger partial charge on any atom is 0.252 e. The summed E-state index contributed by atoms with van der Waals surface area (Å²) in [5.41, 5.74) is 0. The fraction of sp³-hybridized carbons (Fsp3) is 0.636. The normalized spacial score (nSPS) is 29.0. The molecule has 0 N–H and O–H groups in total. The van der Waals surface area contributed by atoms with Gasteiger partial charge in [-0.2, -0.15) is 16.1 Å². The van der Waals surface area contributed by atoms with Gasteiger partial charge in [0.2, 0.25) is 0 Å². The highest BCUT2D eigenvalue weighted by atomic mass is 32.2. The van der Waals surface area contributed by atoms with Gasteiger partial charge in [0.25, 0.3) is 10.0 Å². The van der Waals surface area contributed by atoms with Gasteiger partial charge in [0.05, 0.1) is 0 Å². The molecule has 2 unspecified atom stereocenters. The summed E-state index contributed by atoms with van der Waals surface area (Å²) in [6, 6.07) is 3.93. The number of aryl methyl sites for hydroxylation is 1. The van der Waals surface area contributed by atoms with E-state index in [2.05, 4.69) is 6.92 Å². The molecule has 94 valence electrons. The topological polar surface area (TPSA) is 37.4 Å². The molecule has 0 radical (unpaired) electrons. The molecule has 1 aromatic rings. The van der Waals surface area contributed by atoms with Gasteiger partial charge >= 0.3 is 0 Å². The highest BCUT2D eigenvalue weighted by Crippen LogP contribution is 2.41. The smallest absolute Gasteiger partial charge is 0.206 e. The minimum Gasteiger partial charge on any atom is -0.206 e. The number of rotatable bonds is 3. The highest BCUT2D eigenvalue weighted by Gasteiger charge is 2.45. The summed E-state index contributed by atoms with van der Waals surface area (Å²) in [4.78, 5) is 1.14. The Morgan fingerprint density at radius 3 is 2.82 bits per heavy atom. The number of hydrogen-bond acceptors (Lipinski definition) is 4. The Bertz CT molecular complexity index is 523. The van der Waals surface area contributed by atoms with E-state index >= 15 is 0 Å². The molecule has 2 fully saturated rings. The first-order valence-electron chi connectivity index (χ1n) is 5.83. The number of nitrogens with zero attached hydrogens (tertiary/aromatic N) is 1. The van der Waals surface area contributed by atoms with Crippen LogP contribution in [0.1, 0.15) is 18.2 Å². The molecule has 1 aromatic heterocycles. The lowest BCUT2D eigenvalue weighted by Crippen LogP contribution is -2.38. The Balaban J connectivity index is 1.90. The van der Waals surface area contributed by atoms with E-state index in [-0.39, 0.29) is 6.04 Å². The van der Waals surface area contributed by atoms with Crippen molar-refractivity contribution in [2.75, 3.05) is 12.3 Å². The first-order valence-corrected chi connectivity index (χ1v) is 9.14. The summed E-state index contributed by atoms with van der Waals surface area (Å²) < 4.78 is 27.2. The zero-order valence-electron chi connectivity index (χ0n) is 9.63. The molecule has 3 rings (SSSR count). The predicted molar refractivity (Wildman–Crippen MR) is 72.2 cm³/mol. The van der Waals surface area contributed by atoms with Crippen LogP contribution in [0.15, 0.2) is 16.3 Å². The fourth-order valence-electron chi connectivity index (χ4n) is 2.46. The van der Waals surface area contributed by atoms with Gasteiger partial charge in [0.1, 0.15) is 4.21 Å². The van der Waals surface area contributed by atoms with Crippen molar-refractivity contribution in [1.82, 2.24) is 4.31 Å². The Labute approximate surface area is 110 Å². The van der Waals surface area contributed by atoms with Crippen molar-refractivity contribution >= 4 is 33.1 Å². The second-order valence-corrected chi connectivity index (χ2v) is 9.11. The summed E-state index contributed by atoms with van der Waals surface area (Å²) in [6.45, 7) is 2.76. The van der Waals surface area contributed by atoms with Gasteiger partial charge in [-0.25, -0.2) is 8.42 Å². The lowest BCUT2D eigenvalue weighted by molar-refractivity contribution is 0.411. The molecule has 0 aromatic carbocycles. The number of fused-ring (bicyclic) bond motifs is 2. The van der Waals surface area contributed by atoms with E-state index in [0.29, 0.717) is 16.0 Å². The van der Waals surface area contributed by atoms with Crippen molar-refractivity contribution in [3.8, 4) is 0 Å². The molecule has 2 bridgehead atoms. The van der Waals surface area contributed by atoms with Crippen molar-refractivity contribution in [1.29, 1.82) is 0 Å². The van der Waals surface area contributed by atoms with Crippen LogP contribution in [0, 0.1) is 0 Å². The standard InChI is InChI=1S/C11H15NO2S3/c1-2-9-3-4-11(16-9)17(13,14)12-6-10-5-8(12)7-15-10/h3-4,8,10H,2,5-7H2,1H3. The predicted octanol–water partition coefficient (Wildman–Crippen LogP) is 2.19. The molecule has 6 heteroatoms. The Morgan fingerprint density at radius 1 is 1.47 bits per heavy atom. The van der Waals surface area contributed by atoms with Crippen LogP contribution in [-0.4, -0.2) is 36.3 Å². The van der Waals surface area contributed by atoms with Crippen molar-refractivity contribution in [3.63, 3.8) is 0 Å². The Morgan fingerprint density at radius 2 is 2.29 bits per heavy atom. The molecular weight excluding hydrogens is 274 g/mol. The second kappa shape index (κ2) is 4.26. The van der Waals surface area contributed by atoms with Crippen LogP contribution < -0.4 is 0 Å². The molecule has 3 heterocycles. The average Bonchev–Trinajstić information content (AvgIpc) is 3.04. The van der Waals surface area contributed by atoms with Crippen molar-refractivity contribution in [3.05, 3.63) is 17.0 Å². The Kier molecular flexibility index (Phi) is 3.01. The van der Waals surface area contributed by atoms with Crippen molar-refractivity contribution < 1.29 is 8.42 Å². The minimum absolute atomic E-state index is 0.238. The zero-order valence-corrected chi connectivity index (χ0v) is 12.1. The molecule has 2 aliphatic heterocycles. The van der Waals surface area contributed by atoms with Crippen LogP contribution in [-0.2, 0) is 16.4 Å². The minimum atomic E-state index is -3.22. The molecule has 0 spiro atoms. The molecule has 0 saturated carbocycles. The SMILES string of the molecule is CCc1ccc(S(=O)(=O)N2CC3CC2CS3)s1. The van der Waals surface area contributed by atoms with E-state index in [4.69, 9.17) is 0 Å². The highest BCUT2D eigenvalue weighted by molar-refractivity contribution is 8.00. The largest absolute Gasteiger partial charge is 0.252 e. The third-order valence-corrected chi connectivity index (χ3v) is 8.40. The van der Waals surface area contributed by atoms with Gasteiger partial charge < -0.3 is 0 Å². The second-order valence-electron chi connectivity index (χ2n) is 4.49. The van der Waals surface area contributed by atoms with E-state index in [1.54, 1.807) is 10.4 Å². The van der Waals surface area contributed by atoms with Gasteiger partial charge in [-0.05, 0) is 25.0 Å². The average molecular weight is 289 g/mol. The third kappa shape index (κ3) is 1.95. The number of hydrogen-bond donors (Lipinski definition) is 0. The van der Waals surface area contributed by atoms with E-state index in [0.717, 1.165) is 23.5 Å². The van der Waals surface area contributed by atoms with E-state index in [1.807, 2.05) is 17.8 Å². The van der Waals surface area contributed by atoms with Gasteiger partial charge in [-0.1, -0.05) is 6.92 Å². The summed E-state index contributed by atoms with van der Waals surface area (Å²) >= 11 is 3.33. The molecule has 3 nitrogen and oxygen atoms in total. The van der Waals surface area contributed by atoms with Gasteiger partial charge in [0, 0.05) is 28.5 Å². The number of thioether (sulfide) groups is 1. The van der Waals surface area contributed by atoms with Crippen molar-refractivity contribution in [2.24, 2.45) is 0 Å². The number of sulfonamides is 1. The molecule has 17 heavy (non-hydrogen) atoms. The molecule has 2 aliphatic rings. The molecule has 0 amide bonds. The summed E-state index contributed by atoms with van der Waals surface area (Å²) in [6.07, 6.45) is 1.94. The zero-order chi connectivity index (χ0) is 12.0. The summed E-state index contributed by atoms with van der Waals surface area (Å²) in [5, 5.41) is 0.528. The first-order chi connectivity index (χ1) is 8.11. The van der Waals surface area contributed by atoms with Crippen LogP contribution in [0.4, 0.5) is 0 Å². The molecule has 0 aliphatic carbocycles. The lowest BCUT2D eigenvalue weighted by atomic mass is 10.3. The number of thiophene rings is 1.